The van der Waals surface area contributed by atoms with Gasteiger partial charge in [0.2, 0.25) is 35.4 Å². The Morgan fingerprint density at radius 2 is 0.806 bits per heavy atom. The number of hydrogen-bond donors (Lipinski definition) is 10. The fraction of sp³-hybridized carbons (Fsp3) is 0.545. The minimum absolute atomic E-state index is 0.00380. The number of unbranched alkanes of at least 4 members (excludes halogenated alkanes) is 2. The number of carboxylic acids is 1. The summed E-state index contributed by atoms with van der Waals surface area (Å²) in [5, 5.41) is 27.3. The van der Waals surface area contributed by atoms with Crippen LogP contribution in [0, 0.1) is 17.8 Å². The van der Waals surface area contributed by atoms with Crippen molar-refractivity contribution in [3.05, 3.63) is 108 Å². The van der Waals surface area contributed by atoms with Crippen LogP contribution in [0.1, 0.15) is 114 Å². The van der Waals surface area contributed by atoms with Crippen LogP contribution in [0.4, 0.5) is 0 Å². The number of nitrogens with two attached hydrogens (primary N) is 3. The van der Waals surface area contributed by atoms with Crippen molar-refractivity contribution in [1.82, 2.24) is 31.9 Å². The number of nitrogens with one attached hydrogen (secondary N) is 6. The number of aryl methyl sites for hydroxylation is 3. The summed E-state index contributed by atoms with van der Waals surface area (Å²) < 4.78 is 0. The highest BCUT2D eigenvalue weighted by Crippen LogP contribution is 2.15. The van der Waals surface area contributed by atoms with Gasteiger partial charge in [0.1, 0.15) is 0 Å². The van der Waals surface area contributed by atoms with Crippen LogP contribution < -0.4 is 49.1 Å². The summed E-state index contributed by atoms with van der Waals surface area (Å²) in [6.07, 6.45) is 6.71. The highest BCUT2D eigenvalue weighted by Gasteiger charge is 2.26. The average molecular weight is 998 g/mol. The van der Waals surface area contributed by atoms with Crippen LogP contribution in [0.3, 0.4) is 0 Å². The lowest BCUT2D eigenvalue weighted by atomic mass is 9.97. The summed E-state index contributed by atoms with van der Waals surface area (Å²) in [4.78, 5) is 92.3. The third-order valence-electron chi connectivity index (χ3n) is 12.7. The quantitative estimate of drug-likeness (QED) is 0.0371. The average Bonchev–Trinajstić information content (AvgIpc) is 3.34. The molecule has 0 saturated heterocycles. The van der Waals surface area contributed by atoms with Gasteiger partial charge in [-0.15, -0.1) is 0 Å². The molecule has 0 aliphatic carbocycles. The zero-order valence-electron chi connectivity index (χ0n) is 42.6. The standard InChI is InChI=1S/C55H83N9O8/c1-39(61-53(69)44(36-58)27-24-41-16-6-3-7-17-41)32-51(67)63-47(22-12-14-30-56)34-49(65)59-37-45(28-25-42-18-8-4-9-19-42)54(70)62-40(2)33-52(68)64-48(23-13-15-31-57)35-50(66)60-38-46(55(71)72)29-26-43-20-10-5-11-21-43/h3-11,16-21,39-40,44-48H,12-15,22-38,56-58H2,1-2H3,(H,59,65)(H,60,66)(H,61,69)(H,62,70)(H,63,67)(H,64,68)(H,71,72)/t39-,40-,44-,45-,46-,47-,48-/m0/s1. The second-order valence-electron chi connectivity index (χ2n) is 19.1. The molecule has 0 heterocycles. The summed E-state index contributed by atoms with van der Waals surface area (Å²) in [5.74, 6) is -4.81. The summed E-state index contributed by atoms with van der Waals surface area (Å²) in [7, 11) is 0. The Balaban J connectivity index is 1.56. The van der Waals surface area contributed by atoms with E-state index in [1.54, 1.807) is 13.8 Å². The maximum atomic E-state index is 13.9. The van der Waals surface area contributed by atoms with Crippen LogP contribution in [0.15, 0.2) is 91.0 Å². The molecule has 13 N–H and O–H groups in total. The topological polar surface area (TPSA) is 290 Å². The van der Waals surface area contributed by atoms with Crippen molar-refractivity contribution in [2.24, 2.45) is 35.0 Å². The van der Waals surface area contributed by atoms with Gasteiger partial charge in [-0.3, -0.25) is 33.6 Å². The van der Waals surface area contributed by atoms with Gasteiger partial charge in [-0.25, -0.2) is 0 Å². The molecule has 396 valence electrons. The monoisotopic (exact) mass is 998 g/mol. The first-order chi connectivity index (χ1) is 34.7. The smallest absolute Gasteiger partial charge is 0.308 e. The maximum Gasteiger partial charge on any atom is 0.308 e. The normalized spacial score (nSPS) is 14.0. The number of carboxylic acid groups (broad SMARTS) is 1. The molecule has 6 amide bonds. The van der Waals surface area contributed by atoms with Crippen LogP contribution >= 0.6 is 0 Å². The summed E-state index contributed by atoms with van der Waals surface area (Å²) in [6.45, 7) is 4.53. The lowest BCUT2D eigenvalue weighted by Crippen LogP contribution is -2.46. The van der Waals surface area contributed by atoms with E-state index in [9.17, 15) is 38.7 Å². The van der Waals surface area contributed by atoms with Crippen LogP contribution in [-0.2, 0) is 52.8 Å². The van der Waals surface area contributed by atoms with Crippen LogP contribution in [0.5, 0.6) is 0 Å². The Kier molecular flexibility index (Phi) is 29.3. The van der Waals surface area contributed by atoms with Crippen molar-refractivity contribution in [2.45, 2.75) is 141 Å². The van der Waals surface area contributed by atoms with Crippen LogP contribution in [0.2, 0.25) is 0 Å². The molecule has 0 spiro atoms. The van der Waals surface area contributed by atoms with Gasteiger partial charge in [0.15, 0.2) is 0 Å². The van der Waals surface area contributed by atoms with E-state index in [1.165, 1.54) is 0 Å². The number of benzene rings is 3. The predicted octanol–water partition coefficient (Wildman–Crippen LogP) is 3.81. The molecule has 3 aromatic carbocycles. The van der Waals surface area contributed by atoms with Crippen molar-refractivity contribution in [1.29, 1.82) is 0 Å². The summed E-state index contributed by atoms with van der Waals surface area (Å²) in [5.41, 5.74) is 20.6. The van der Waals surface area contributed by atoms with Crippen molar-refractivity contribution in [3.8, 4) is 0 Å². The first-order valence-electron chi connectivity index (χ1n) is 25.9. The maximum absolute atomic E-state index is 13.9. The lowest BCUT2D eigenvalue weighted by Gasteiger charge is -2.24. The third-order valence-corrected chi connectivity index (χ3v) is 12.7. The molecule has 3 rings (SSSR count). The number of aliphatic carboxylic acids is 1. The second kappa shape index (κ2) is 35.0. The summed E-state index contributed by atoms with van der Waals surface area (Å²) in [6, 6.07) is 26.9. The van der Waals surface area contributed by atoms with Crippen molar-refractivity contribution < 1.29 is 38.7 Å². The molecule has 17 nitrogen and oxygen atoms in total. The number of hydrogen-bond acceptors (Lipinski definition) is 10. The van der Waals surface area contributed by atoms with Crippen molar-refractivity contribution in [2.75, 3.05) is 32.7 Å². The number of carbonyl (C=O) groups is 7. The molecule has 3 aromatic rings. The van der Waals surface area contributed by atoms with E-state index in [2.05, 4.69) is 31.9 Å². The van der Waals surface area contributed by atoms with E-state index >= 15 is 0 Å². The van der Waals surface area contributed by atoms with Crippen molar-refractivity contribution in [3.63, 3.8) is 0 Å². The minimum atomic E-state index is -0.998. The molecule has 0 radical (unpaired) electrons. The van der Waals surface area contributed by atoms with E-state index < -0.39 is 47.9 Å². The van der Waals surface area contributed by atoms with Gasteiger partial charge in [-0.1, -0.05) is 104 Å². The zero-order valence-corrected chi connectivity index (χ0v) is 42.6. The van der Waals surface area contributed by atoms with Gasteiger partial charge in [-0.05, 0) is 108 Å². The molecule has 0 aliphatic heterocycles. The van der Waals surface area contributed by atoms with E-state index in [-0.39, 0.29) is 80.8 Å². The molecule has 0 unspecified atom stereocenters. The van der Waals surface area contributed by atoms with Gasteiger partial charge < -0.3 is 54.2 Å². The van der Waals surface area contributed by atoms with Gasteiger partial charge in [0, 0.05) is 69.5 Å². The Bertz CT molecular complexity index is 2060. The third kappa shape index (κ3) is 25.8. The zero-order chi connectivity index (χ0) is 52.5. The Morgan fingerprint density at radius 1 is 0.444 bits per heavy atom. The van der Waals surface area contributed by atoms with E-state index in [0.29, 0.717) is 90.1 Å². The number of rotatable bonds is 37. The van der Waals surface area contributed by atoms with Gasteiger partial charge in [-0.2, -0.15) is 0 Å². The molecule has 0 saturated carbocycles. The Hall–Kier alpha value is -6.17. The SMILES string of the molecule is C[C@@H](CC(=O)N[C@@H](CCCCN)CC(=O)NC[C@H](CCc1ccccc1)C(=O)N[C@@H](C)CC(=O)N[C@@H](CCCCN)CC(=O)NC[C@H](CCc1ccccc1)C(=O)O)NC(=O)[C@H](CN)CCc1ccccc1. The molecule has 72 heavy (non-hydrogen) atoms. The molecule has 0 aliphatic rings. The Morgan fingerprint density at radius 3 is 1.18 bits per heavy atom. The first-order valence-corrected chi connectivity index (χ1v) is 25.9. The first kappa shape index (κ1) is 60.1. The van der Waals surface area contributed by atoms with Gasteiger partial charge >= 0.3 is 5.97 Å². The fourth-order valence-corrected chi connectivity index (χ4v) is 8.49. The van der Waals surface area contributed by atoms with Crippen LogP contribution in [-0.4, -0.2) is 103 Å². The van der Waals surface area contributed by atoms with E-state index in [1.807, 2.05) is 91.0 Å². The van der Waals surface area contributed by atoms with Gasteiger partial charge in [0.25, 0.3) is 0 Å². The fourth-order valence-electron chi connectivity index (χ4n) is 8.49. The second-order valence-corrected chi connectivity index (χ2v) is 19.1. The molecular formula is C55H83N9O8. The molecule has 0 aromatic heterocycles. The Labute approximate surface area is 426 Å². The largest absolute Gasteiger partial charge is 0.481 e. The molecule has 17 heteroatoms. The van der Waals surface area contributed by atoms with Crippen molar-refractivity contribution >= 4 is 41.4 Å². The number of amides is 6. The predicted molar refractivity (Wildman–Crippen MR) is 281 cm³/mol. The minimum Gasteiger partial charge on any atom is -0.481 e. The number of carbonyl (C=O) groups excluding carboxylic acids is 6. The molecular weight excluding hydrogens is 915 g/mol. The highest BCUT2D eigenvalue weighted by molar-refractivity contribution is 5.84. The molecule has 7 atom stereocenters. The van der Waals surface area contributed by atoms with E-state index in [4.69, 9.17) is 17.2 Å². The molecule has 0 bridgehead atoms. The summed E-state index contributed by atoms with van der Waals surface area (Å²) >= 11 is 0. The van der Waals surface area contributed by atoms with E-state index in [0.717, 1.165) is 16.7 Å². The van der Waals surface area contributed by atoms with Gasteiger partial charge in [0.05, 0.1) is 17.8 Å². The van der Waals surface area contributed by atoms with Crippen LogP contribution in [0.25, 0.3) is 0 Å². The highest BCUT2D eigenvalue weighted by atomic mass is 16.4. The molecule has 0 fully saturated rings. The lowest BCUT2D eigenvalue weighted by molar-refractivity contribution is -0.142.